The lowest BCUT2D eigenvalue weighted by Gasteiger charge is -2.29. The zero-order valence-electron chi connectivity index (χ0n) is 21.7. The lowest BCUT2D eigenvalue weighted by molar-refractivity contribution is 0.412. The molecule has 0 bridgehead atoms. The molecule has 0 aliphatic carbocycles. The average molecular weight is 533 g/mol. The van der Waals surface area contributed by atoms with Crippen LogP contribution in [0.4, 0.5) is 5.69 Å². The van der Waals surface area contributed by atoms with E-state index in [0.29, 0.717) is 5.11 Å². The second kappa shape index (κ2) is 10.6. The molecule has 0 spiro atoms. The Bertz CT molecular complexity index is 1600. The number of thiocarbonyl (C=S) groups is 1. The van der Waals surface area contributed by atoms with Crippen molar-refractivity contribution in [3.63, 3.8) is 0 Å². The quantitative estimate of drug-likeness (QED) is 0.225. The number of rotatable bonds is 7. The van der Waals surface area contributed by atoms with E-state index in [-0.39, 0.29) is 12.1 Å². The van der Waals surface area contributed by atoms with Crippen LogP contribution in [0.1, 0.15) is 29.0 Å². The summed E-state index contributed by atoms with van der Waals surface area (Å²) in [4.78, 5) is 6.85. The highest BCUT2D eigenvalue weighted by Crippen LogP contribution is 2.43. The number of methoxy groups -OCH3 is 1. The Balaban J connectivity index is 1.41. The maximum atomic E-state index is 6.15. The topological polar surface area (TPSA) is 51.5 Å². The maximum Gasteiger partial charge on any atom is 0.174 e. The van der Waals surface area contributed by atoms with Crippen molar-refractivity contribution in [3.05, 3.63) is 132 Å². The molecule has 6 nitrogen and oxygen atoms in total. The average Bonchev–Trinajstić information content (AvgIpc) is 3.59. The van der Waals surface area contributed by atoms with Gasteiger partial charge in [-0.2, -0.15) is 0 Å². The van der Waals surface area contributed by atoms with Gasteiger partial charge in [0.25, 0.3) is 0 Å². The molecule has 1 aliphatic heterocycles. The van der Waals surface area contributed by atoms with E-state index < -0.39 is 0 Å². The molecule has 2 atom stereocenters. The van der Waals surface area contributed by atoms with Crippen molar-refractivity contribution < 1.29 is 9.47 Å². The van der Waals surface area contributed by atoms with Gasteiger partial charge in [0.05, 0.1) is 24.5 Å². The number of nitrogens with one attached hydrogen (secondary N) is 1. The lowest BCUT2D eigenvalue weighted by Crippen LogP contribution is -2.30. The van der Waals surface area contributed by atoms with Gasteiger partial charge in [-0.05, 0) is 91.4 Å². The monoisotopic (exact) mass is 532 g/mol. The minimum atomic E-state index is -0.171. The molecule has 5 aromatic rings. The second-order valence-corrected chi connectivity index (χ2v) is 9.72. The molecule has 0 unspecified atom stereocenters. The predicted octanol–water partition coefficient (Wildman–Crippen LogP) is 7.16. The number of nitrogens with zero attached hydrogens (tertiary/aromatic N) is 3. The molecule has 0 saturated carbocycles. The minimum absolute atomic E-state index is 0.162. The fourth-order valence-corrected chi connectivity index (χ4v) is 5.44. The normalized spacial score (nSPS) is 16.7. The molecule has 1 N–H and O–H groups in total. The fraction of sp³-hybridized carbons (Fsp3) is 0.125. The first-order valence-electron chi connectivity index (χ1n) is 12.8. The summed E-state index contributed by atoms with van der Waals surface area (Å²) in [6.07, 6.45) is 3.87. The molecular formula is C32H28N4O2S. The van der Waals surface area contributed by atoms with E-state index in [9.17, 15) is 0 Å². The molecule has 6 rings (SSSR count). The van der Waals surface area contributed by atoms with Crippen LogP contribution >= 0.6 is 12.2 Å². The van der Waals surface area contributed by atoms with Crippen LogP contribution in [-0.2, 0) is 0 Å². The van der Waals surface area contributed by atoms with Gasteiger partial charge in [0.1, 0.15) is 23.3 Å². The number of para-hydroxylation sites is 3. The van der Waals surface area contributed by atoms with Crippen LogP contribution in [-0.4, -0.2) is 21.8 Å². The van der Waals surface area contributed by atoms with Crippen molar-refractivity contribution in [2.75, 3.05) is 12.0 Å². The zero-order valence-corrected chi connectivity index (χ0v) is 22.5. The van der Waals surface area contributed by atoms with E-state index in [1.807, 2.05) is 98.0 Å². The summed E-state index contributed by atoms with van der Waals surface area (Å²) < 4.78 is 14.0. The van der Waals surface area contributed by atoms with Crippen molar-refractivity contribution in [3.8, 4) is 22.9 Å². The van der Waals surface area contributed by atoms with Gasteiger partial charge in [-0.1, -0.05) is 36.4 Å². The van der Waals surface area contributed by atoms with E-state index in [4.69, 9.17) is 21.7 Å². The lowest BCUT2D eigenvalue weighted by atomic mass is 10.0. The first kappa shape index (κ1) is 24.7. The number of benzene rings is 3. The molecule has 1 saturated heterocycles. The first-order chi connectivity index (χ1) is 19.1. The molecule has 1 aliphatic rings. The van der Waals surface area contributed by atoms with Crippen LogP contribution in [0.3, 0.4) is 0 Å². The highest BCUT2D eigenvalue weighted by atomic mass is 32.1. The van der Waals surface area contributed by atoms with Crippen LogP contribution in [0.2, 0.25) is 0 Å². The van der Waals surface area contributed by atoms with Crippen LogP contribution in [0.15, 0.2) is 116 Å². The molecule has 39 heavy (non-hydrogen) atoms. The number of aryl methyl sites for hydroxylation is 1. The van der Waals surface area contributed by atoms with Crippen molar-refractivity contribution in [2.24, 2.45) is 0 Å². The molecule has 3 aromatic carbocycles. The smallest absolute Gasteiger partial charge is 0.174 e. The number of pyridine rings is 1. The van der Waals surface area contributed by atoms with Crippen LogP contribution in [0.25, 0.3) is 5.69 Å². The van der Waals surface area contributed by atoms with Gasteiger partial charge in [0.15, 0.2) is 5.11 Å². The summed E-state index contributed by atoms with van der Waals surface area (Å²) in [6, 6.07) is 33.9. The number of hydrogen-bond donors (Lipinski definition) is 1. The standard InChI is InChI=1S/C32H28N4O2S/c1-22-10-3-5-14-28(22)38-24-18-16-23(17-19-24)36-31(30(34-32(36)39)25-11-7-8-20-33-25)27-13-9-21-35(27)26-12-4-6-15-29(26)37-2/h3-21,30-31H,1-2H3,(H,34,39)/t30-,31+/m1/s1. The van der Waals surface area contributed by atoms with Crippen LogP contribution < -0.4 is 19.7 Å². The number of anilines is 1. The van der Waals surface area contributed by atoms with Crippen molar-refractivity contribution in [1.29, 1.82) is 0 Å². The summed E-state index contributed by atoms with van der Waals surface area (Å²) in [5.74, 6) is 2.40. The first-order valence-corrected chi connectivity index (χ1v) is 13.2. The maximum absolute atomic E-state index is 6.15. The third-order valence-corrected chi connectivity index (χ3v) is 7.28. The predicted molar refractivity (Wildman–Crippen MR) is 158 cm³/mol. The van der Waals surface area contributed by atoms with Crippen LogP contribution in [0.5, 0.6) is 17.2 Å². The van der Waals surface area contributed by atoms with Crippen molar-refractivity contribution in [1.82, 2.24) is 14.9 Å². The Morgan fingerprint density at radius 3 is 2.31 bits per heavy atom. The van der Waals surface area contributed by atoms with Crippen molar-refractivity contribution >= 4 is 23.0 Å². The van der Waals surface area contributed by atoms with Gasteiger partial charge >= 0.3 is 0 Å². The van der Waals surface area contributed by atoms with Gasteiger partial charge in [-0.3, -0.25) is 4.98 Å². The van der Waals surface area contributed by atoms with E-state index in [2.05, 4.69) is 44.2 Å². The van der Waals surface area contributed by atoms with Crippen molar-refractivity contribution in [2.45, 2.75) is 19.0 Å². The van der Waals surface area contributed by atoms with E-state index >= 15 is 0 Å². The summed E-state index contributed by atoms with van der Waals surface area (Å²) in [6.45, 7) is 2.04. The SMILES string of the molecule is COc1ccccc1-n1cccc1[C@H]1[C@@H](c2ccccn2)NC(=S)N1c1ccc(Oc2ccccc2C)cc1. The number of aromatic nitrogens is 2. The fourth-order valence-electron chi connectivity index (χ4n) is 5.09. The van der Waals surface area contributed by atoms with E-state index in [1.54, 1.807) is 7.11 Å². The third kappa shape index (κ3) is 4.73. The van der Waals surface area contributed by atoms with Gasteiger partial charge in [-0.25, -0.2) is 0 Å². The molecular weight excluding hydrogens is 504 g/mol. The highest BCUT2D eigenvalue weighted by molar-refractivity contribution is 7.80. The Morgan fingerprint density at radius 1 is 0.821 bits per heavy atom. The number of ether oxygens (including phenoxy) is 2. The number of hydrogen-bond acceptors (Lipinski definition) is 4. The molecule has 1 fully saturated rings. The van der Waals surface area contributed by atoms with E-state index in [0.717, 1.165) is 45.6 Å². The second-order valence-electron chi connectivity index (χ2n) is 9.33. The summed E-state index contributed by atoms with van der Waals surface area (Å²) >= 11 is 5.94. The molecule has 3 heterocycles. The molecule has 0 amide bonds. The summed E-state index contributed by atoms with van der Waals surface area (Å²) in [7, 11) is 1.69. The molecule has 2 aromatic heterocycles. The van der Waals surface area contributed by atoms with Gasteiger partial charge < -0.3 is 24.3 Å². The molecule has 7 heteroatoms. The van der Waals surface area contributed by atoms with Gasteiger partial charge in [-0.15, -0.1) is 0 Å². The Labute approximate surface area is 233 Å². The summed E-state index contributed by atoms with van der Waals surface area (Å²) in [5.41, 5.74) is 4.98. The summed E-state index contributed by atoms with van der Waals surface area (Å²) in [5, 5.41) is 4.18. The minimum Gasteiger partial charge on any atom is -0.495 e. The zero-order chi connectivity index (χ0) is 26.8. The Kier molecular flexibility index (Phi) is 6.73. The highest BCUT2D eigenvalue weighted by Gasteiger charge is 2.42. The molecule has 0 radical (unpaired) electrons. The van der Waals surface area contributed by atoms with Crippen LogP contribution in [0, 0.1) is 6.92 Å². The molecule has 194 valence electrons. The van der Waals surface area contributed by atoms with Gasteiger partial charge in [0, 0.05) is 23.8 Å². The third-order valence-electron chi connectivity index (χ3n) is 6.96. The van der Waals surface area contributed by atoms with Gasteiger partial charge in [0.2, 0.25) is 0 Å². The van der Waals surface area contributed by atoms with E-state index in [1.165, 1.54) is 0 Å². The largest absolute Gasteiger partial charge is 0.495 e. The Morgan fingerprint density at radius 2 is 1.56 bits per heavy atom. The Hall–Kier alpha value is -4.62.